The van der Waals surface area contributed by atoms with Gasteiger partial charge < -0.3 is 15.8 Å². The first-order valence-electron chi connectivity index (χ1n) is 8.32. The fourth-order valence-corrected chi connectivity index (χ4v) is 3.55. The van der Waals surface area contributed by atoms with E-state index in [0.29, 0.717) is 24.5 Å². The average molecular weight is 282 g/mol. The van der Waals surface area contributed by atoms with Gasteiger partial charge in [-0.1, -0.05) is 25.7 Å². The molecule has 3 atom stereocenters. The van der Waals surface area contributed by atoms with Gasteiger partial charge in [-0.05, 0) is 51.0 Å². The van der Waals surface area contributed by atoms with Crippen molar-refractivity contribution in [1.29, 1.82) is 0 Å². The van der Waals surface area contributed by atoms with Gasteiger partial charge in [0.2, 0.25) is 5.91 Å². The van der Waals surface area contributed by atoms with Crippen LogP contribution in [0.4, 0.5) is 0 Å². The standard InChI is InChI=1S/C16H30N2O2/c1-12(16(19)18-15-8-4-5-9-15)20-11-14-7-3-2-6-13(14)10-17/h12-15H,2-11,17H2,1H3,(H,18,19). The summed E-state index contributed by atoms with van der Waals surface area (Å²) in [5, 5.41) is 3.10. The Balaban J connectivity index is 1.70. The number of ether oxygens (including phenoxy) is 1. The van der Waals surface area contributed by atoms with E-state index in [1.807, 2.05) is 6.92 Å². The van der Waals surface area contributed by atoms with E-state index in [0.717, 1.165) is 19.4 Å². The summed E-state index contributed by atoms with van der Waals surface area (Å²) in [5.41, 5.74) is 5.83. The van der Waals surface area contributed by atoms with Crippen LogP contribution in [0.2, 0.25) is 0 Å². The van der Waals surface area contributed by atoms with Gasteiger partial charge in [-0.25, -0.2) is 0 Å². The van der Waals surface area contributed by atoms with Crippen molar-refractivity contribution in [2.75, 3.05) is 13.2 Å². The maximum Gasteiger partial charge on any atom is 0.249 e. The number of nitrogens with one attached hydrogen (secondary N) is 1. The molecule has 0 aliphatic heterocycles. The average Bonchev–Trinajstić information content (AvgIpc) is 2.97. The van der Waals surface area contributed by atoms with Crippen LogP contribution in [0.25, 0.3) is 0 Å². The lowest BCUT2D eigenvalue weighted by molar-refractivity contribution is -0.133. The zero-order valence-corrected chi connectivity index (χ0v) is 12.8. The second-order valence-electron chi connectivity index (χ2n) is 6.51. The molecule has 2 aliphatic carbocycles. The molecule has 0 aromatic heterocycles. The number of hydrogen-bond acceptors (Lipinski definition) is 3. The summed E-state index contributed by atoms with van der Waals surface area (Å²) >= 11 is 0. The molecule has 2 aliphatic rings. The molecule has 2 saturated carbocycles. The van der Waals surface area contributed by atoms with E-state index in [2.05, 4.69) is 5.32 Å². The van der Waals surface area contributed by atoms with E-state index >= 15 is 0 Å². The van der Waals surface area contributed by atoms with E-state index in [1.165, 1.54) is 38.5 Å². The SMILES string of the molecule is CC(OCC1CCCCC1CN)C(=O)NC1CCCC1. The Labute approximate surface area is 122 Å². The Bertz CT molecular complexity index is 303. The predicted molar refractivity (Wildman–Crippen MR) is 80.3 cm³/mol. The quantitative estimate of drug-likeness (QED) is 0.785. The minimum Gasteiger partial charge on any atom is -0.368 e. The molecule has 3 unspecified atom stereocenters. The largest absolute Gasteiger partial charge is 0.368 e. The lowest BCUT2D eigenvalue weighted by atomic mass is 9.80. The smallest absolute Gasteiger partial charge is 0.249 e. The van der Waals surface area contributed by atoms with Gasteiger partial charge in [-0.15, -0.1) is 0 Å². The summed E-state index contributed by atoms with van der Waals surface area (Å²) in [6.45, 7) is 3.29. The lowest BCUT2D eigenvalue weighted by Crippen LogP contribution is -2.41. The van der Waals surface area contributed by atoms with Crippen LogP contribution in [0.5, 0.6) is 0 Å². The molecule has 0 aromatic rings. The highest BCUT2D eigenvalue weighted by molar-refractivity contribution is 5.80. The molecule has 0 aromatic carbocycles. The molecule has 1 amide bonds. The molecule has 4 nitrogen and oxygen atoms in total. The number of rotatable bonds is 6. The van der Waals surface area contributed by atoms with Gasteiger partial charge in [-0.2, -0.15) is 0 Å². The zero-order chi connectivity index (χ0) is 14.4. The highest BCUT2D eigenvalue weighted by Crippen LogP contribution is 2.29. The predicted octanol–water partition coefficient (Wildman–Crippen LogP) is 2.22. The van der Waals surface area contributed by atoms with Gasteiger partial charge in [0, 0.05) is 6.04 Å². The Morgan fingerprint density at radius 2 is 1.75 bits per heavy atom. The van der Waals surface area contributed by atoms with E-state index in [-0.39, 0.29) is 12.0 Å². The van der Waals surface area contributed by atoms with Crippen LogP contribution in [0, 0.1) is 11.8 Å². The highest BCUT2D eigenvalue weighted by atomic mass is 16.5. The molecule has 3 N–H and O–H groups in total. The zero-order valence-electron chi connectivity index (χ0n) is 12.8. The lowest BCUT2D eigenvalue weighted by Gasteiger charge is -2.31. The number of amides is 1. The van der Waals surface area contributed by atoms with Crippen LogP contribution >= 0.6 is 0 Å². The van der Waals surface area contributed by atoms with E-state index in [4.69, 9.17) is 10.5 Å². The normalized spacial score (nSPS) is 29.3. The van der Waals surface area contributed by atoms with Crippen molar-refractivity contribution < 1.29 is 9.53 Å². The summed E-state index contributed by atoms with van der Waals surface area (Å²) < 4.78 is 5.82. The van der Waals surface area contributed by atoms with E-state index in [1.54, 1.807) is 0 Å². The first-order chi connectivity index (χ1) is 9.70. The van der Waals surface area contributed by atoms with Crippen LogP contribution in [0.15, 0.2) is 0 Å². The molecule has 2 fully saturated rings. The molecule has 0 bridgehead atoms. The highest BCUT2D eigenvalue weighted by Gasteiger charge is 2.26. The number of nitrogens with two attached hydrogens (primary N) is 1. The van der Waals surface area contributed by atoms with Gasteiger partial charge in [0.25, 0.3) is 0 Å². The minimum absolute atomic E-state index is 0.0528. The van der Waals surface area contributed by atoms with Gasteiger partial charge in [-0.3, -0.25) is 4.79 Å². The molecule has 2 rings (SSSR count). The van der Waals surface area contributed by atoms with Crippen molar-refractivity contribution in [1.82, 2.24) is 5.32 Å². The summed E-state index contributed by atoms with van der Waals surface area (Å²) in [5.74, 6) is 1.17. The van der Waals surface area contributed by atoms with Crippen molar-refractivity contribution in [2.24, 2.45) is 17.6 Å². The van der Waals surface area contributed by atoms with E-state index < -0.39 is 0 Å². The van der Waals surface area contributed by atoms with Gasteiger partial charge in [0.15, 0.2) is 0 Å². The Morgan fingerprint density at radius 3 is 2.40 bits per heavy atom. The molecule has 0 radical (unpaired) electrons. The Morgan fingerprint density at radius 1 is 1.15 bits per heavy atom. The summed E-state index contributed by atoms with van der Waals surface area (Å²) in [7, 11) is 0. The van der Waals surface area contributed by atoms with Crippen LogP contribution in [-0.4, -0.2) is 31.2 Å². The second-order valence-corrected chi connectivity index (χ2v) is 6.51. The van der Waals surface area contributed by atoms with Crippen molar-refractivity contribution >= 4 is 5.91 Å². The van der Waals surface area contributed by atoms with Crippen molar-refractivity contribution in [3.8, 4) is 0 Å². The third-order valence-corrected chi connectivity index (χ3v) is 5.00. The molecule has 20 heavy (non-hydrogen) atoms. The number of carbonyl (C=O) groups is 1. The van der Waals surface area contributed by atoms with Crippen LogP contribution in [0.1, 0.15) is 58.3 Å². The Kier molecular flexibility index (Phi) is 6.30. The Hall–Kier alpha value is -0.610. The number of carbonyl (C=O) groups excluding carboxylic acids is 1. The van der Waals surface area contributed by atoms with Gasteiger partial charge in [0.1, 0.15) is 6.10 Å². The van der Waals surface area contributed by atoms with Crippen LogP contribution < -0.4 is 11.1 Å². The van der Waals surface area contributed by atoms with Gasteiger partial charge >= 0.3 is 0 Å². The minimum atomic E-state index is -0.337. The molecule has 0 saturated heterocycles. The van der Waals surface area contributed by atoms with E-state index in [9.17, 15) is 4.79 Å². The molecule has 0 heterocycles. The fourth-order valence-electron chi connectivity index (χ4n) is 3.55. The summed E-state index contributed by atoms with van der Waals surface area (Å²) in [6.07, 6.45) is 9.35. The van der Waals surface area contributed by atoms with Gasteiger partial charge in [0.05, 0.1) is 6.61 Å². The fraction of sp³-hybridized carbons (Fsp3) is 0.938. The van der Waals surface area contributed by atoms with Crippen molar-refractivity contribution in [3.05, 3.63) is 0 Å². The maximum atomic E-state index is 12.1. The first kappa shape index (κ1) is 15.8. The van der Waals surface area contributed by atoms with Crippen molar-refractivity contribution in [3.63, 3.8) is 0 Å². The first-order valence-corrected chi connectivity index (χ1v) is 8.32. The van der Waals surface area contributed by atoms with Crippen LogP contribution in [-0.2, 0) is 9.53 Å². The van der Waals surface area contributed by atoms with Crippen molar-refractivity contribution in [2.45, 2.75) is 70.4 Å². The molecule has 4 heteroatoms. The summed E-state index contributed by atoms with van der Waals surface area (Å²) in [6, 6.07) is 0.375. The maximum absolute atomic E-state index is 12.1. The third-order valence-electron chi connectivity index (χ3n) is 5.00. The van der Waals surface area contributed by atoms with Crippen LogP contribution in [0.3, 0.4) is 0 Å². The monoisotopic (exact) mass is 282 g/mol. The molecule has 116 valence electrons. The summed E-state index contributed by atoms with van der Waals surface area (Å²) in [4.78, 5) is 12.1. The second kappa shape index (κ2) is 7.99. The topological polar surface area (TPSA) is 64.3 Å². The molecular weight excluding hydrogens is 252 g/mol. The molecule has 0 spiro atoms. The number of hydrogen-bond donors (Lipinski definition) is 2. The molecular formula is C16H30N2O2. The third kappa shape index (κ3) is 4.45.